The minimum atomic E-state index is -6.13. The van der Waals surface area contributed by atoms with Gasteiger partial charge in [0, 0.05) is 6.07 Å². The summed E-state index contributed by atoms with van der Waals surface area (Å²) in [7, 11) is 2.84. The second-order valence-electron chi connectivity index (χ2n) is 5.02. The molecule has 1 aromatic heterocycles. The van der Waals surface area contributed by atoms with E-state index in [0.29, 0.717) is 0 Å². The van der Waals surface area contributed by atoms with Gasteiger partial charge < -0.3 is 14.3 Å². The molecule has 25 heavy (non-hydrogen) atoms. The molecular formula is C13H15F6N2O4+. The first-order chi connectivity index (χ1) is 11.3. The van der Waals surface area contributed by atoms with Crippen LogP contribution < -0.4 is 5.32 Å². The van der Waals surface area contributed by atoms with E-state index >= 15 is 0 Å². The van der Waals surface area contributed by atoms with Crippen LogP contribution in [0.25, 0.3) is 0 Å². The van der Waals surface area contributed by atoms with E-state index in [1.165, 1.54) is 25.6 Å². The molecule has 0 aromatic carbocycles. The number of alkyl halides is 6. The quantitative estimate of drug-likeness (QED) is 0.271. The summed E-state index contributed by atoms with van der Waals surface area (Å²) in [6, 6.07) is 0.144. The number of furan rings is 1. The van der Waals surface area contributed by atoms with Gasteiger partial charge in [-0.2, -0.15) is 26.3 Å². The van der Waals surface area contributed by atoms with Gasteiger partial charge in [0.05, 0.1) is 26.3 Å². The summed E-state index contributed by atoms with van der Waals surface area (Å²) in [5.41, 5.74) is -6.97. The first kappa shape index (κ1) is 20.8. The molecule has 1 aromatic rings. The Bertz CT molecular complexity index is 644. The number of anilines is 1. The fraction of sp³-hybridized carbons (Fsp3) is 0.538. The number of aliphatic hydroxyl groups is 1. The summed E-state index contributed by atoms with van der Waals surface area (Å²) in [5, 5.41) is 11.5. The highest BCUT2D eigenvalue weighted by molar-refractivity contribution is 5.88. The van der Waals surface area contributed by atoms with Crippen LogP contribution in [0.1, 0.15) is 23.0 Å². The number of carbonyl (C=O) groups excluding carboxylic acids is 1. The van der Waals surface area contributed by atoms with Crippen LogP contribution in [0.5, 0.6) is 0 Å². The number of halogens is 6. The molecule has 142 valence electrons. The second-order valence-corrected chi connectivity index (χ2v) is 5.02. The summed E-state index contributed by atoms with van der Waals surface area (Å²) < 4.78 is 88.7. The van der Waals surface area contributed by atoms with Gasteiger partial charge in [0.2, 0.25) is 12.1 Å². The van der Waals surface area contributed by atoms with Gasteiger partial charge in [-0.1, -0.05) is 0 Å². The van der Waals surface area contributed by atoms with E-state index in [2.05, 4.69) is 4.74 Å². The SMILES string of the molecule is CCOC(=O)c1cc(C(O)(C(F)(F)F)C(F)(F)F)c(NC=[N+](C)C)o1. The summed E-state index contributed by atoms with van der Waals surface area (Å²) >= 11 is 0. The molecule has 0 spiro atoms. The predicted molar refractivity (Wildman–Crippen MR) is 72.5 cm³/mol. The maximum Gasteiger partial charge on any atom is 0.430 e. The molecule has 0 saturated heterocycles. The van der Waals surface area contributed by atoms with Gasteiger partial charge in [-0.15, -0.1) is 0 Å². The lowest BCUT2D eigenvalue weighted by molar-refractivity contribution is -0.459. The smallest absolute Gasteiger partial charge is 0.430 e. The van der Waals surface area contributed by atoms with Crippen molar-refractivity contribution >= 4 is 18.2 Å². The average molecular weight is 377 g/mol. The number of nitrogens with one attached hydrogen (secondary N) is 1. The third kappa shape index (κ3) is 4.06. The van der Waals surface area contributed by atoms with Gasteiger partial charge in [-0.25, -0.2) is 10.1 Å². The van der Waals surface area contributed by atoms with Gasteiger partial charge in [0.15, 0.2) is 0 Å². The molecule has 0 unspecified atom stereocenters. The summed E-state index contributed by atoms with van der Waals surface area (Å²) in [5.74, 6) is -3.32. The highest BCUT2D eigenvalue weighted by atomic mass is 19.4. The van der Waals surface area contributed by atoms with E-state index in [1.54, 1.807) is 0 Å². The van der Waals surface area contributed by atoms with Gasteiger partial charge in [0.1, 0.15) is 0 Å². The lowest BCUT2D eigenvalue weighted by Crippen LogP contribution is -2.54. The highest BCUT2D eigenvalue weighted by Crippen LogP contribution is 2.52. The first-order valence-electron chi connectivity index (χ1n) is 6.69. The lowest BCUT2D eigenvalue weighted by atomic mass is 9.93. The molecule has 6 nitrogen and oxygen atoms in total. The van der Waals surface area contributed by atoms with Crippen molar-refractivity contribution < 1.29 is 50.0 Å². The largest absolute Gasteiger partial charge is 0.460 e. The van der Waals surface area contributed by atoms with Crippen molar-refractivity contribution in [2.45, 2.75) is 24.9 Å². The Hall–Kier alpha value is -2.24. The van der Waals surface area contributed by atoms with Crippen molar-refractivity contribution in [3.8, 4) is 0 Å². The van der Waals surface area contributed by atoms with Crippen molar-refractivity contribution in [1.29, 1.82) is 0 Å². The van der Waals surface area contributed by atoms with Crippen molar-refractivity contribution in [1.82, 2.24) is 0 Å². The third-order valence-corrected chi connectivity index (χ3v) is 2.87. The number of esters is 1. The molecule has 0 aliphatic carbocycles. The van der Waals surface area contributed by atoms with Crippen LogP contribution in [0.3, 0.4) is 0 Å². The number of carbonyl (C=O) groups is 1. The molecule has 0 saturated carbocycles. The van der Waals surface area contributed by atoms with Crippen molar-refractivity contribution in [2.24, 2.45) is 0 Å². The van der Waals surface area contributed by atoms with Crippen LogP contribution in [0.4, 0.5) is 32.2 Å². The molecule has 0 radical (unpaired) electrons. The zero-order valence-corrected chi connectivity index (χ0v) is 13.2. The third-order valence-electron chi connectivity index (χ3n) is 2.87. The maximum atomic E-state index is 13.0. The molecule has 1 heterocycles. The molecule has 0 aliphatic rings. The predicted octanol–water partition coefficient (Wildman–Crippen LogP) is 2.48. The van der Waals surface area contributed by atoms with Gasteiger partial charge in [-0.05, 0) is 6.92 Å². The van der Waals surface area contributed by atoms with Crippen LogP contribution in [0.15, 0.2) is 10.5 Å². The van der Waals surface area contributed by atoms with Crippen molar-refractivity contribution in [2.75, 3.05) is 26.0 Å². The van der Waals surface area contributed by atoms with Crippen LogP contribution in [-0.2, 0) is 10.3 Å². The fourth-order valence-electron chi connectivity index (χ4n) is 1.72. The number of hydrogen-bond donors (Lipinski definition) is 2. The van der Waals surface area contributed by atoms with E-state index in [1.807, 2.05) is 5.32 Å². The van der Waals surface area contributed by atoms with Gasteiger partial charge in [-0.3, -0.25) is 4.58 Å². The Balaban J connectivity index is 3.63. The molecule has 0 fully saturated rings. The minimum Gasteiger partial charge on any atom is -0.460 e. The van der Waals surface area contributed by atoms with E-state index in [4.69, 9.17) is 4.42 Å². The molecule has 12 heteroatoms. The van der Waals surface area contributed by atoms with E-state index in [0.717, 1.165) is 6.34 Å². The van der Waals surface area contributed by atoms with E-state index in [9.17, 15) is 36.2 Å². The molecule has 1 rings (SSSR count). The monoisotopic (exact) mass is 377 g/mol. The minimum absolute atomic E-state index is 0.144. The summed E-state index contributed by atoms with van der Waals surface area (Å²) in [4.78, 5) is 11.6. The first-order valence-corrected chi connectivity index (χ1v) is 6.69. The normalized spacial score (nSPS) is 12.7. The Morgan fingerprint density at radius 1 is 1.28 bits per heavy atom. The Labute approximate surface area is 137 Å². The molecular weight excluding hydrogens is 362 g/mol. The van der Waals surface area contributed by atoms with E-state index < -0.39 is 41.1 Å². The molecule has 0 amide bonds. The average Bonchev–Trinajstić information content (AvgIpc) is 2.86. The number of rotatable bonds is 5. The molecule has 0 bridgehead atoms. The fourth-order valence-corrected chi connectivity index (χ4v) is 1.72. The van der Waals surface area contributed by atoms with Crippen LogP contribution >= 0.6 is 0 Å². The highest BCUT2D eigenvalue weighted by Gasteiger charge is 2.73. The van der Waals surface area contributed by atoms with E-state index in [-0.39, 0.29) is 12.7 Å². The van der Waals surface area contributed by atoms with Crippen molar-refractivity contribution in [3.63, 3.8) is 0 Å². The maximum absolute atomic E-state index is 13.0. The molecule has 0 aliphatic heterocycles. The zero-order chi connectivity index (χ0) is 19.6. The standard InChI is InChI=1S/C13H14F6N2O4/c1-4-24-10(22)8-5-7(9(25-8)20-6-21(2)3)11(23,12(14,15)16)13(17,18)19/h5-6,23H,4H2,1-3H3/p+1. The lowest BCUT2D eigenvalue weighted by Gasteiger charge is -2.31. The Morgan fingerprint density at radius 2 is 1.80 bits per heavy atom. The second kappa shape index (κ2) is 6.94. The summed E-state index contributed by atoms with van der Waals surface area (Å²) in [6.45, 7) is 1.19. The van der Waals surface area contributed by atoms with Crippen LogP contribution in [0, 0.1) is 0 Å². The molecule has 0 atom stereocenters. The zero-order valence-electron chi connectivity index (χ0n) is 13.2. The van der Waals surface area contributed by atoms with Gasteiger partial charge >= 0.3 is 18.3 Å². The van der Waals surface area contributed by atoms with Crippen LogP contribution in [-0.4, -0.2) is 55.0 Å². The number of ether oxygens (including phenoxy) is 1. The molecule has 2 N–H and O–H groups in total. The summed E-state index contributed by atoms with van der Waals surface area (Å²) in [6.07, 6.45) is -11.3. The number of nitrogens with zero attached hydrogens (tertiary/aromatic N) is 1. The van der Waals surface area contributed by atoms with Gasteiger partial charge in [0.25, 0.3) is 11.5 Å². The topological polar surface area (TPSA) is 74.7 Å². The Morgan fingerprint density at radius 3 is 2.20 bits per heavy atom. The van der Waals surface area contributed by atoms with Crippen LogP contribution in [0.2, 0.25) is 0 Å². The Kier molecular flexibility index (Phi) is 5.78. The number of hydrogen-bond acceptors (Lipinski definition) is 4. The van der Waals surface area contributed by atoms with Crippen molar-refractivity contribution in [3.05, 3.63) is 17.4 Å².